The zero-order valence-corrected chi connectivity index (χ0v) is 29.7. The number of likely N-dealkylation sites (tertiary alicyclic amines) is 2. The first-order chi connectivity index (χ1) is 20.5. The lowest BCUT2D eigenvalue weighted by Crippen LogP contribution is -2.45. The maximum atomic E-state index is 13.4. The van der Waals surface area contributed by atoms with Gasteiger partial charge in [0.2, 0.25) is 11.8 Å². The second-order valence-corrected chi connectivity index (χ2v) is 13.0. The van der Waals surface area contributed by atoms with Crippen molar-refractivity contribution in [3.63, 3.8) is 0 Å². The molecule has 246 valence electrons. The van der Waals surface area contributed by atoms with Gasteiger partial charge in [-0.1, -0.05) is 77.6 Å². The Balaban J connectivity index is 0.00000645. The van der Waals surface area contributed by atoms with E-state index in [9.17, 15) is 9.59 Å². The number of nitrogens with zero attached hydrogens (tertiary/aromatic N) is 4. The van der Waals surface area contributed by atoms with Crippen LogP contribution in [0.5, 0.6) is 0 Å². The zero-order valence-electron chi connectivity index (χ0n) is 28.0. The molecule has 7 heteroatoms. The molecule has 0 aliphatic carbocycles. The summed E-state index contributed by atoms with van der Waals surface area (Å²) >= 11 is 0. The van der Waals surface area contributed by atoms with Crippen molar-refractivity contribution in [2.75, 3.05) is 52.4 Å². The van der Waals surface area contributed by atoms with Crippen molar-refractivity contribution in [2.24, 2.45) is 11.8 Å². The fourth-order valence-electron chi connectivity index (χ4n) is 6.64. The van der Waals surface area contributed by atoms with Gasteiger partial charge in [-0.3, -0.25) is 19.4 Å². The summed E-state index contributed by atoms with van der Waals surface area (Å²) < 4.78 is 0. The number of hydrogen-bond acceptors (Lipinski definition) is 4. The molecule has 2 amide bonds. The van der Waals surface area contributed by atoms with Crippen LogP contribution in [0.4, 0.5) is 0 Å². The second-order valence-electron chi connectivity index (χ2n) is 13.0. The van der Waals surface area contributed by atoms with Gasteiger partial charge in [0.1, 0.15) is 0 Å². The number of halogens is 1. The number of hydrogen-bond donors (Lipinski definition) is 0. The SMILES string of the molecule is Br.CCCCN(CCCC)C(=O)C1CCCN(Cc2ccc(CN3CCCC(C(=O)N(CCCC)CCCC)C3)cc2)C1. The monoisotopic (exact) mass is 662 g/mol. The lowest BCUT2D eigenvalue weighted by molar-refractivity contribution is -0.138. The average Bonchev–Trinajstić information content (AvgIpc) is 3.02. The van der Waals surface area contributed by atoms with Crippen molar-refractivity contribution in [2.45, 2.75) is 118 Å². The number of carbonyl (C=O) groups is 2. The topological polar surface area (TPSA) is 47.1 Å². The van der Waals surface area contributed by atoms with E-state index in [0.717, 1.165) is 142 Å². The average molecular weight is 664 g/mol. The number of amides is 2. The molecule has 2 atom stereocenters. The predicted molar refractivity (Wildman–Crippen MR) is 186 cm³/mol. The Bertz CT molecular complexity index is 822. The van der Waals surface area contributed by atoms with E-state index in [1.54, 1.807) is 0 Å². The highest BCUT2D eigenvalue weighted by atomic mass is 79.9. The number of benzene rings is 1. The van der Waals surface area contributed by atoms with Gasteiger partial charge in [0.15, 0.2) is 0 Å². The van der Waals surface area contributed by atoms with Crippen LogP contribution in [0.25, 0.3) is 0 Å². The van der Waals surface area contributed by atoms with Crippen LogP contribution >= 0.6 is 17.0 Å². The third kappa shape index (κ3) is 12.8. The highest BCUT2D eigenvalue weighted by Crippen LogP contribution is 2.24. The van der Waals surface area contributed by atoms with Gasteiger partial charge in [0, 0.05) is 52.4 Å². The molecule has 3 rings (SSSR count). The molecule has 2 fully saturated rings. The van der Waals surface area contributed by atoms with Crippen LogP contribution in [0.1, 0.15) is 116 Å². The molecule has 0 saturated carbocycles. The Kier molecular flexibility index (Phi) is 18.7. The fourth-order valence-corrected chi connectivity index (χ4v) is 6.64. The zero-order chi connectivity index (χ0) is 30.2. The van der Waals surface area contributed by atoms with Crippen LogP contribution in [-0.2, 0) is 22.7 Å². The molecule has 2 unspecified atom stereocenters. The number of rotatable bonds is 18. The number of piperidine rings is 2. The van der Waals surface area contributed by atoms with Gasteiger partial charge in [0.25, 0.3) is 0 Å². The molecule has 0 spiro atoms. The quantitative estimate of drug-likeness (QED) is 0.163. The van der Waals surface area contributed by atoms with Crippen LogP contribution in [0.15, 0.2) is 24.3 Å². The first-order valence-electron chi connectivity index (χ1n) is 17.6. The van der Waals surface area contributed by atoms with Crippen LogP contribution in [0.2, 0.25) is 0 Å². The van der Waals surface area contributed by atoms with Crippen LogP contribution in [0.3, 0.4) is 0 Å². The van der Waals surface area contributed by atoms with Gasteiger partial charge in [-0.15, -0.1) is 17.0 Å². The van der Waals surface area contributed by atoms with E-state index >= 15 is 0 Å². The Morgan fingerprint density at radius 1 is 0.628 bits per heavy atom. The van der Waals surface area contributed by atoms with E-state index in [2.05, 4.69) is 71.6 Å². The van der Waals surface area contributed by atoms with E-state index in [1.807, 2.05) is 0 Å². The van der Waals surface area contributed by atoms with E-state index in [0.29, 0.717) is 11.8 Å². The summed E-state index contributed by atoms with van der Waals surface area (Å²) in [5, 5.41) is 0. The van der Waals surface area contributed by atoms with Gasteiger partial charge in [-0.05, 0) is 75.6 Å². The summed E-state index contributed by atoms with van der Waals surface area (Å²) in [6.45, 7) is 18.2. The first kappa shape index (κ1) is 37.7. The fraction of sp³-hybridized carbons (Fsp3) is 0.778. The van der Waals surface area contributed by atoms with Gasteiger partial charge >= 0.3 is 0 Å². The molecule has 0 aromatic heterocycles. The summed E-state index contributed by atoms with van der Waals surface area (Å²) in [5.41, 5.74) is 2.66. The molecule has 0 radical (unpaired) electrons. The molecule has 0 N–H and O–H groups in total. The third-order valence-electron chi connectivity index (χ3n) is 9.29. The second kappa shape index (κ2) is 21.3. The Labute approximate surface area is 274 Å². The van der Waals surface area contributed by atoms with Crippen molar-refractivity contribution < 1.29 is 9.59 Å². The molecule has 6 nitrogen and oxygen atoms in total. The smallest absolute Gasteiger partial charge is 0.226 e. The van der Waals surface area contributed by atoms with Crippen LogP contribution in [-0.4, -0.2) is 83.8 Å². The molecular formula is C36H63BrN4O2. The molecule has 2 aliphatic heterocycles. The third-order valence-corrected chi connectivity index (χ3v) is 9.29. The van der Waals surface area contributed by atoms with E-state index in [4.69, 9.17) is 0 Å². The molecule has 0 bridgehead atoms. The summed E-state index contributed by atoms with van der Waals surface area (Å²) in [6, 6.07) is 9.11. The Morgan fingerprint density at radius 2 is 0.953 bits per heavy atom. The van der Waals surface area contributed by atoms with Crippen molar-refractivity contribution in [1.82, 2.24) is 19.6 Å². The van der Waals surface area contributed by atoms with Crippen molar-refractivity contribution in [3.05, 3.63) is 35.4 Å². The lowest BCUT2D eigenvalue weighted by Gasteiger charge is -2.35. The lowest BCUT2D eigenvalue weighted by atomic mass is 9.95. The minimum Gasteiger partial charge on any atom is -0.342 e. The summed E-state index contributed by atoms with van der Waals surface area (Å²) in [5.74, 6) is 1.05. The van der Waals surface area contributed by atoms with Crippen LogP contribution in [0, 0.1) is 11.8 Å². The van der Waals surface area contributed by atoms with Crippen molar-refractivity contribution in [1.29, 1.82) is 0 Å². The molecule has 1 aromatic carbocycles. The number of carbonyl (C=O) groups excluding carboxylic acids is 2. The van der Waals surface area contributed by atoms with Gasteiger partial charge in [-0.2, -0.15) is 0 Å². The normalized spacial score (nSPS) is 19.5. The van der Waals surface area contributed by atoms with Gasteiger partial charge in [0.05, 0.1) is 11.8 Å². The molecule has 2 saturated heterocycles. The Hall–Kier alpha value is -1.44. The van der Waals surface area contributed by atoms with E-state index in [1.165, 1.54) is 11.1 Å². The molecule has 43 heavy (non-hydrogen) atoms. The molecule has 2 heterocycles. The highest BCUT2D eigenvalue weighted by Gasteiger charge is 2.30. The summed E-state index contributed by atoms with van der Waals surface area (Å²) in [6.07, 6.45) is 13.2. The van der Waals surface area contributed by atoms with Crippen molar-refractivity contribution >= 4 is 28.8 Å². The van der Waals surface area contributed by atoms with E-state index in [-0.39, 0.29) is 28.8 Å². The standard InChI is InChI=1S/C36H62N4O2.BrH/c1-5-9-23-39(24-10-6-2)35(41)33-15-13-21-37(29-33)27-31-17-19-32(20-18-31)28-38-22-14-16-34(30-38)36(42)40(25-11-7-3)26-12-8-4;/h17-20,33-34H,5-16,21-30H2,1-4H3;1H. The largest absolute Gasteiger partial charge is 0.342 e. The summed E-state index contributed by atoms with van der Waals surface area (Å²) in [4.78, 5) is 36.1. The minimum atomic E-state index is 0. The molecule has 2 aliphatic rings. The van der Waals surface area contributed by atoms with Crippen molar-refractivity contribution in [3.8, 4) is 0 Å². The number of unbranched alkanes of at least 4 members (excludes halogenated alkanes) is 4. The van der Waals surface area contributed by atoms with Gasteiger partial charge < -0.3 is 9.80 Å². The maximum absolute atomic E-state index is 13.4. The highest BCUT2D eigenvalue weighted by molar-refractivity contribution is 8.93. The van der Waals surface area contributed by atoms with E-state index < -0.39 is 0 Å². The maximum Gasteiger partial charge on any atom is 0.226 e. The van der Waals surface area contributed by atoms with Crippen LogP contribution < -0.4 is 0 Å². The Morgan fingerprint density at radius 3 is 1.26 bits per heavy atom. The molecule has 1 aromatic rings. The summed E-state index contributed by atoms with van der Waals surface area (Å²) in [7, 11) is 0. The predicted octanol–water partition coefficient (Wildman–Crippen LogP) is 7.55. The first-order valence-corrected chi connectivity index (χ1v) is 17.6. The molecular weight excluding hydrogens is 600 g/mol. The minimum absolute atomic E-state index is 0. The van der Waals surface area contributed by atoms with Gasteiger partial charge in [-0.25, -0.2) is 0 Å².